The van der Waals surface area contributed by atoms with Gasteiger partial charge in [0.15, 0.2) is 5.82 Å². The van der Waals surface area contributed by atoms with Gasteiger partial charge in [0.2, 0.25) is 10.0 Å². The quantitative estimate of drug-likeness (QED) is 0.897. The number of hydrogen-bond donors (Lipinski definition) is 1. The second-order valence-electron chi connectivity index (χ2n) is 5.03. The monoisotopic (exact) mass is 292 g/mol. The highest BCUT2D eigenvalue weighted by atomic mass is 32.2. The van der Waals surface area contributed by atoms with Crippen molar-refractivity contribution in [2.45, 2.75) is 37.5 Å². The van der Waals surface area contributed by atoms with Crippen LogP contribution in [0.5, 0.6) is 0 Å². The third-order valence-corrected chi connectivity index (χ3v) is 4.55. The van der Waals surface area contributed by atoms with E-state index < -0.39 is 10.0 Å². The van der Waals surface area contributed by atoms with E-state index in [2.05, 4.69) is 10.1 Å². The van der Waals surface area contributed by atoms with E-state index in [1.807, 2.05) is 11.6 Å². The highest BCUT2D eigenvalue weighted by Gasteiger charge is 2.20. The predicted octanol–water partition coefficient (Wildman–Crippen LogP) is 1.10. The first-order valence-corrected chi connectivity index (χ1v) is 8.08. The fourth-order valence-electron chi connectivity index (χ4n) is 2.64. The number of rotatable bonds is 2. The standard InChI is InChI=1S/C13H16N4O2S/c1-9-11-4-2-3-5-12(11)17(16-9)13-7-6-10(8-15-13)20(14,18)19/h6-8H,2-5H2,1H3,(H2,14,18,19). The minimum atomic E-state index is -3.71. The normalized spacial score (nSPS) is 15.1. The number of hydrogen-bond acceptors (Lipinski definition) is 4. The molecule has 2 N–H and O–H groups in total. The van der Waals surface area contributed by atoms with Crippen molar-refractivity contribution in [1.29, 1.82) is 0 Å². The second-order valence-corrected chi connectivity index (χ2v) is 6.59. The Morgan fingerprint density at radius 2 is 2.00 bits per heavy atom. The molecule has 0 bridgehead atoms. The van der Waals surface area contributed by atoms with Gasteiger partial charge in [-0.2, -0.15) is 5.10 Å². The van der Waals surface area contributed by atoms with Crippen LogP contribution in [-0.4, -0.2) is 23.2 Å². The van der Waals surface area contributed by atoms with E-state index in [1.54, 1.807) is 6.07 Å². The van der Waals surface area contributed by atoms with Crippen molar-refractivity contribution < 1.29 is 8.42 Å². The predicted molar refractivity (Wildman–Crippen MR) is 74.1 cm³/mol. The number of sulfonamides is 1. The molecular formula is C13H16N4O2S. The summed E-state index contributed by atoms with van der Waals surface area (Å²) in [6.45, 7) is 2.00. The van der Waals surface area contributed by atoms with E-state index in [-0.39, 0.29) is 4.90 Å². The van der Waals surface area contributed by atoms with Gasteiger partial charge in [0.1, 0.15) is 4.90 Å². The molecule has 0 saturated heterocycles. The molecule has 2 heterocycles. The van der Waals surface area contributed by atoms with E-state index in [0.29, 0.717) is 5.82 Å². The Balaban J connectivity index is 2.06. The van der Waals surface area contributed by atoms with Crippen LogP contribution in [0, 0.1) is 6.92 Å². The lowest BCUT2D eigenvalue weighted by molar-refractivity contribution is 0.597. The summed E-state index contributed by atoms with van der Waals surface area (Å²) in [7, 11) is -3.71. The maximum atomic E-state index is 11.2. The lowest BCUT2D eigenvalue weighted by Crippen LogP contribution is -2.13. The lowest BCUT2D eigenvalue weighted by atomic mass is 9.96. The number of fused-ring (bicyclic) bond motifs is 1. The SMILES string of the molecule is Cc1nn(-c2ccc(S(N)(=O)=O)cn2)c2c1CCCC2. The molecule has 1 aliphatic rings. The van der Waals surface area contributed by atoms with Gasteiger partial charge in [-0.15, -0.1) is 0 Å². The van der Waals surface area contributed by atoms with Gasteiger partial charge in [0.25, 0.3) is 0 Å². The van der Waals surface area contributed by atoms with Crippen LogP contribution in [0.3, 0.4) is 0 Å². The molecule has 1 aliphatic carbocycles. The molecule has 7 heteroatoms. The van der Waals surface area contributed by atoms with Crippen LogP contribution < -0.4 is 5.14 Å². The van der Waals surface area contributed by atoms with Crippen molar-refractivity contribution in [3.8, 4) is 5.82 Å². The van der Waals surface area contributed by atoms with Gasteiger partial charge in [-0.05, 0) is 50.3 Å². The number of nitrogens with two attached hydrogens (primary N) is 1. The first kappa shape index (κ1) is 13.3. The van der Waals surface area contributed by atoms with Crippen LogP contribution in [-0.2, 0) is 22.9 Å². The number of primary sulfonamides is 1. The van der Waals surface area contributed by atoms with E-state index in [1.165, 1.54) is 29.9 Å². The Morgan fingerprint density at radius 1 is 1.25 bits per heavy atom. The highest BCUT2D eigenvalue weighted by molar-refractivity contribution is 7.89. The van der Waals surface area contributed by atoms with Crippen LogP contribution >= 0.6 is 0 Å². The zero-order chi connectivity index (χ0) is 14.3. The minimum absolute atomic E-state index is 0.0130. The molecule has 106 valence electrons. The summed E-state index contributed by atoms with van der Waals surface area (Å²) in [5, 5.41) is 9.60. The Morgan fingerprint density at radius 3 is 2.65 bits per heavy atom. The summed E-state index contributed by atoms with van der Waals surface area (Å²) in [5.41, 5.74) is 3.51. The van der Waals surface area contributed by atoms with Gasteiger partial charge in [0, 0.05) is 11.9 Å². The van der Waals surface area contributed by atoms with Gasteiger partial charge in [-0.3, -0.25) is 0 Å². The Bertz CT molecular complexity index is 747. The van der Waals surface area contributed by atoms with Gasteiger partial charge in [0.05, 0.1) is 5.69 Å². The smallest absolute Gasteiger partial charge is 0.236 e. The van der Waals surface area contributed by atoms with Crippen molar-refractivity contribution in [2.24, 2.45) is 5.14 Å². The van der Waals surface area contributed by atoms with E-state index >= 15 is 0 Å². The summed E-state index contributed by atoms with van der Waals surface area (Å²) in [6, 6.07) is 3.10. The molecule has 6 nitrogen and oxygen atoms in total. The minimum Gasteiger partial charge on any atom is -0.236 e. The Hall–Kier alpha value is -1.73. The molecule has 0 aliphatic heterocycles. The fourth-order valence-corrected chi connectivity index (χ4v) is 3.10. The third-order valence-electron chi connectivity index (χ3n) is 3.65. The van der Waals surface area contributed by atoms with Gasteiger partial charge < -0.3 is 0 Å². The molecular weight excluding hydrogens is 276 g/mol. The first-order chi connectivity index (χ1) is 9.47. The van der Waals surface area contributed by atoms with Gasteiger partial charge in [-0.25, -0.2) is 23.2 Å². The molecule has 0 spiro atoms. The molecule has 0 amide bonds. The average molecular weight is 292 g/mol. The summed E-state index contributed by atoms with van der Waals surface area (Å²) in [4.78, 5) is 4.19. The Labute approximate surface area is 117 Å². The largest absolute Gasteiger partial charge is 0.239 e. The second kappa shape index (κ2) is 4.68. The summed E-state index contributed by atoms with van der Waals surface area (Å²) >= 11 is 0. The molecule has 20 heavy (non-hydrogen) atoms. The molecule has 0 saturated carbocycles. The van der Waals surface area contributed by atoms with Gasteiger partial charge >= 0.3 is 0 Å². The number of aromatic nitrogens is 3. The average Bonchev–Trinajstić information content (AvgIpc) is 2.76. The molecule has 0 atom stereocenters. The fraction of sp³-hybridized carbons (Fsp3) is 0.385. The van der Waals surface area contributed by atoms with Crippen LogP contribution in [0.2, 0.25) is 0 Å². The molecule has 0 unspecified atom stereocenters. The number of pyridine rings is 1. The van der Waals surface area contributed by atoms with Gasteiger partial charge in [-0.1, -0.05) is 0 Å². The summed E-state index contributed by atoms with van der Waals surface area (Å²) < 4.78 is 24.3. The lowest BCUT2D eigenvalue weighted by Gasteiger charge is -2.13. The molecule has 2 aromatic rings. The van der Waals surface area contributed by atoms with E-state index in [4.69, 9.17) is 5.14 Å². The van der Waals surface area contributed by atoms with E-state index in [0.717, 1.165) is 25.0 Å². The summed E-state index contributed by atoms with van der Waals surface area (Å²) in [5.74, 6) is 0.628. The van der Waals surface area contributed by atoms with Crippen molar-refractivity contribution in [1.82, 2.24) is 14.8 Å². The molecule has 0 fully saturated rings. The maximum absolute atomic E-state index is 11.2. The van der Waals surface area contributed by atoms with Crippen LogP contribution in [0.4, 0.5) is 0 Å². The maximum Gasteiger partial charge on any atom is 0.239 e. The topological polar surface area (TPSA) is 90.9 Å². The number of aryl methyl sites for hydroxylation is 1. The van der Waals surface area contributed by atoms with E-state index in [9.17, 15) is 8.42 Å². The highest BCUT2D eigenvalue weighted by Crippen LogP contribution is 2.25. The molecule has 2 aromatic heterocycles. The van der Waals surface area contributed by atoms with Crippen molar-refractivity contribution in [2.75, 3.05) is 0 Å². The molecule has 0 radical (unpaired) electrons. The van der Waals surface area contributed by atoms with Crippen LogP contribution in [0.1, 0.15) is 29.8 Å². The summed E-state index contributed by atoms with van der Waals surface area (Å²) in [6.07, 6.45) is 5.65. The zero-order valence-corrected chi connectivity index (χ0v) is 12.0. The van der Waals surface area contributed by atoms with Crippen LogP contribution in [0.25, 0.3) is 5.82 Å². The van der Waals surface area contributed by atoms with Crippen molar-refractivity contribution >= 4 is 10.0 Å². The van der Waals surface area contributed by atoms with Crippen LogP contribution in [0.15, 0.2) is 23.2 Å². The zero-order valence-electron chi connectivity index (χ0n) is 11.2. The van der Waals surface area contributed by atoms with Crippen molar-refractivity contribution in [3.63, 3.8) is 0 Å². The number of nitrogens with zero attached hydrogens (tertiary/aromatic N) is 3. The Kier molecular flexibility index (Phi) is 3.10. The molecule has 3 rings (SSSR count). The first-order valence-electron chi connectivity index (χ1n) is 6.53. The molecule has 0 aromatic carbocycles. The van der Waals surface area contributed by atoms with Crippen molar-refractivity contribution in [3.05, 3.63) is 35.3 Å². The third kappa shape index (κ3) is 2.23.